The Kier molecular flexibility index (Phi) is 7.69. The zero-order valence-corrected chi connectivity index (χ0v) is 19.9. The molecular weight excluding hydrogens is 462 g/mol. The van der Waals surface area contributed by atoms with E-state index in [4.69, 9.17) is 16.3 Å². The Morgan fingerprint density at radius 1 is 1.24 bits per heavy atom. The Morgan fingerprint density at radius 2 is 1.94 bits per heavy atom. The average molecular weight is 484 g/mol. The molecule has 0 unspecified atom stereocenters. The number of hydrogen-bond acceptors (Lipinski definition) is 6. The molecule has 0 spiro atoms. The minimum absolute atomic E-state index is 0.0473. The molecule has 0 aliphatic heterocycles. The Morgan fingerprint density at radius 3 is 2.58 bits per heavy atom. The van der Waals surface area contributed by atoms with E-state index >= 15 is 0 Å². The number of benzene rings is 1. The third kappa shape index (κ3) is 5.51. The van der Waals surface area contributed by atoms with E-state index < -0.39 is 11.5 Å². The summed E-state index contributed by atoms with van der Waals surface area (Å²) in [6, 6.07) is 10.8. The summed E-state index contributed by atoms with van der Waals surface area (Å²) in [5, 5.41) is 12.6. The zero-order valence-electron chi connectivity index (χ0n) is 18.4. The van der Waals surface area contributed by atoms with Crippen LogP contribution in [0.25, 0.3) is 10.4 Å². The molecule has 0 saturated heterocycles. The number of hydrogen-bond donors (Lipinski definition) is 2. The van der Waals surface area contributed by atoms with Gasteiger partial charge in [0.15, 0.2) is 0 Å². The second kappa shape index (κ2) is 10.5. The van der Waals surface area contributed by atoms with Gasteiger partial charge in [-0.25, -0.2) is 4.79 Å². The van der Waals surface area contributed by atoms with Gasteiger partial charge >= 0.3 is 5.97 Å². The molecule has 7 nitrogen and oxygen atoms in total. The van der Waals surface area contributed by atoms with E-state index in [0.717, 1.165) is 16.0 Å². The molecule has 2 heterocycles. The van der Waals surface area contributed by atoms with E-state index in [9.17, 15) is 19.6 Å². The van der Waals surface area contributed by atoms with Crippen molar-refractivity contribution in [3.05, 3.63) is 73.0 Å². The smallest absolute Gasteiger partial charge is 0.350 e. The molecule has 1 aromatic carbocycles. The normalized spacial score (nSPS) is 10.5. The van der Waals surface area contributed by atoms with Crippen LogP contribution in [0.2, 0.25) is 5.02 Å². The second-order valence-corrected chi connectivity index (χ2v) is 8.79. The zero-order chi connectivity index (χ0) is 24.1. The van der Waals surface area contributed by atoms with Crippen molar-refractivity contribution >= 4 is 40.5 Å². The first-order valence-corrected chi connectivity index (χ1v) is 11.4. The molecule has 170 valence electrons. The number of thiophene rings is 1. The number of nitriles is 1. The van der Waals surface area contributed by atoms with Gasteiger partial charge in [-0.05, 0) is 62.1 Å². The molecule has 0 fully saturated rings. The predicted octanol–water partition coefficient (Wildman–Crippen LogP) is 4.99. The van der Waals surface area contributed by atoms with E-state index in [1.165, 1.54) is 11.3 Å². The molecule has 0 atom stereocenters. The first kappa shape index (κ1) is 24.2. The van der Waals surface area contributed by atoms with E-state index in [1.54, 1.807) is 39.0 Å². The fourth-order valence-electron chi connectivity index (χ4n) is 3.46. The maximum Gasteiger partial charge on any atom is 0.350 e. The van der Waals surface area contributed by atoms with E-state index in [2.05, 4.69) is 10.3 Å². The number of carbonyl (C=O) groups is 2. The quantitative estimate of drug-likeness (QED) is 0.459. The summed E-state index contributed by atoms with van der Waals surface area (Å²) in [5.74, 6) is -0.812. The number of nitrogens with zero attached hydrogens (tertiary/aromatic N) is 1. The number of H-pyrrole nitrogens is 1. The van der Waals surface area contributed by atoms with Crippen LogP contribution in [0.5, 0.6) is 0 Å². The molecule has 1 amide bonds. The van der Waals surface area contributed by atoms with E-state index in [1.807, 2.05) is 18.2 Å². The first-order valence-electron chi connectivity index (χ1n) is 10.2. The van der Waals surface area contributed by atoms with Crippen molar-refractivity contribution in [1.29, 1.82) is 5.26 Å². The molecule has 33 heavy (non-hydrogen) atoms. The van der Waals surface area contributed by atoms with Crippen LogP contribution in [0.4, 0.5) is 5.69 Å². The molecule has 0 aliphatic rings. The number of ether oxygens (including phenoxy) is 1. The fraction of sp³-hybridized carbons (Fsp3) is 0.250. The van der Waals surface area contributed by atoms with Crippen molar-refractivity contribution in [2.75, 3.05) is 11.9 Å². The van der Waals surface area contributed by atoms with Crippen LogP contribution in [0, 0.1) is 25.2 Å². The van der Waals surface area contributed by atoms with Crippen molar-refractivity contribution < 1.29 is 14.3 Å². The molecule has 0 radical (unpaired) electrons. The molecule has 0 saturated carbocycles. The summed E-state index contributed by atoms with van der Waals surface area (Å²) in [6.07, 6.45) is 0.435. The number of amides is 1. The summed E-state index contributed by atoms with van der Waals surface area (Å²) in [7, 11) is 0. The number of nitrogens with one attached hydrogen (secondary N) is 2. The molecule has 0 aliphatic carbocycles. The largest absolute Gasteiger partial charge is 0.462 e. The van der Waals surface area contributed by atoms with Crippen LogP contribution in [0.3, 0.4) is 0 Å². The van der Waals surface area contributed by atoms with E-state index in [-0.39, 0.29) is 24.5 Å². The maximum absolute atomic E-state index is 12.7. The summed E-state index contributed by atoms with van der Waals surface area (Å²) in [4.78, 5) is 40.9. The SMILES string of the molecule is CCOC(=O)c1sc(-c2ccc(Cl)cc2)cc1NC(=O)CCc1c(C)[nH]c(=O)c(C#N)c1C. The molecule has 3 aromatic rings. The number of esters is 1. The lowest BCUT2D eigenvalue weighted by atomic mass is 9.99. The van der Waals surface area contributed by atoms with Crippen molar-refractivity contribution in [2.24, 2.45) is 0 Å². The minimum atomic E-state index is -0.510. The van der Waals surface area contributed by atoms with Gasteiger partial charge in [0, 0.05) is 22.0 Å². The van der Waals surface area contributed by atoms with Gasteiger partial charge in [-0.1, -0.05) is 23.7 Å². The van der Waals surface area contributed by atoms with Gasteiger partial charge in [0.2, 0.25) is 5.91 Å². The standard InChI is InChI=1S/C24H22ClN3O4S/c1-4-32-24(31)22-19(11-20(33-22)15-5-7-16(25)8-6-15)28-21(29)10-9-17-13(2)18(12-26)23(30)27-14(17)3/h5-8,11H,4,9-10H2,1-3H3,(H,27,30)(H,28,29). The number of pyridine rings is 1. The van der Waals surface area contributed by atoms with Gasteiger partial charge in [0.25, 0.3) is 5.56 Å². The number of carbonyl (C=O) groups excluding carboxylic acids is 2. The first-order chi connectivity index (χ1) is 15.7. The van der Waals surface area contributed by atoms with Gasteiger partial charge < -0.3 is 15.0 Å². The Hall–Kier alpha value is -3.41. The third-order valence-corrected chi connectivity index (χ3v) is 6.53. The highest BCUT2D eigenvalue weighted by Crippen LogP contribution is 2.36. The molecule has 0 bridgehead atoms. The van der Waals surface area contributed by atoms with Crippen LogP contribution in [-0.2, 0) is 16.0 Å². The summed E-state index contributed by atoms with van der Waals surface area (Å²) < 4.78 is 5.15. The molecule has 9 heteroatoms. The average Bonchev–Trinajstić information content (AvgIpc) is 3.18. The lowest BCUT2D eigenvalue weighted by molar-refractivity contribution is -0.116. The number of aromatic amines is 1. The summed E-state index contributed by atoms with van der Waals surface area (Å²) in [6.45, 7) is 5.36. The van der Waals surface area contributed by atoms with Gasteiger partial charge in [0.1, 0.15) is 16.5 Å². The second-order valence-electron chi connectivity index (χ2n) is 7.30. The molecule has 2 aromatic heterocycles. The van der Waals surface area contributed by atoms with Gasteiger partial charge in [-0.15, -0.1) is 11.3 Å². The summed E-state index contributed by atoms with van der Waals surface area (Å²) >= 11 is 7.19. The highest BCUT2D eigenvalue weighted by Gasteiger charge is 2.21. The number of aromatic nitrogens is 1. The van der Waals surface area contributed by atoms with Crippen LogP contribution in [-0.4, -0.2) is 23.5 Å². The third-order valence-electron chi connectivity index (χ3n) is 5.12. The Bertz CT molecular complexity index is 1300. The molecular formula is C24H22ClN3O4S. The summed E-state index contributed by atoms with van der Waals surface area (Å²) in [5.41, 5.74) is 2.79. The van der Waals surface area contributed by atoms with Gasteiger partial charge in [0.05, 0.1) is 12.3 Å². The number of anilines is 1. The molecule has 2 N–H and O–H groups in total. The number of rotatable bonds is 7. The van der Waals surface area contributed by atoms with Gasteiger partial charge in [-0.2, -0.15) is 5.26 Å². The highest BCUT2D eigenvalue weighted by atomic mass is 35.5. The maximum atomic E-state index is 12.7. The van der Waals surface area contributed by atoms with Crippen molar-refractivity contribution in [1.82, 2.24) is 4.98 Å². The minimum Gasteiger partial charge on any atom is -0.462 e. The van der Waals surface area contributed by atoms with Crippen LogP contribution < -0.4 is 10.9 Å². The lowest BCUT2D eigenvalue weighted by Gasteiger charge is -2.11. The molecule has 3 rings (SSSR count). The Balaban J connectivity index is 1.83. The number of aryl methyl sites for hydroxylation is 1. The topological polar surface area (TPSA) is 112 Å². The van der Waals surface area contributed by atoms with Crippen LogP contribution in [0.1, 0.15) is 45.4 Å². The van der Waals surface area contributed by atoms with Gasteiger partial charge in [-0.3, -0.25) is 9.59 Å². The van der Waals surface area contributed by atoms with Crippen LogP contribution >= 0.6 is 22.9 Å². The lowest BCUT2D eigenvalue weighted by Crippen LogP contribution is -2.19. The van der Waals surface area contributed by atoms with Crippen LogP contribution in [0.15, 0.2) is 35.1 Å². The van der Waals surface area contributed by atoms with Crippen molar-refractivity contribution in [3.8, 4) is 16.5 Å². The predicted molar refractivity (Wildman–Crippen MR) is 129 cm³/mol. The fourth-order valence-corrected chi connectivity index (χ4v) is 4.60. The van der Waals surface area contributed by atoms with E-state index in [0.29, 0.717) is 33.3 Å². The van der Waals surface area contributed by atoms with Crippen molar-refractivity contribution in [3.63, 3.8) is 0 Å². The Labute approximate surface area is 200 Å². The van der Waals surface area contributed by atoms with Crippen molar-refractivity contribution in [2.45, 2.75) is 33.6 Å². The highest BCUT2D eigenvalue weighted by molar-refractivity contribution is 7.18. The number of halogens is 1. The monoisotopic (exact) mass is 483 g/mol.